The zero-order valence-corrected chi connectivity index (χ0v) is 6.31. The minimum atomic E-state index is -0.0150. The second-order valence-electron chi connectivity index (χ2n) is 1.27. The Labute approximate surface area is 59.6 Å². The average Bonchev–Trinajstić information content (AvgIpc) is 1.61. The zero-order chi connectivity index (χ0) is 5.70. The van der Waals surface area contributed by atoms with Crippen LogP contribution in [0.15, 0.2) is 0 Å². The van der Waals surface area contributed by atoms with Crippen LogP contribution in [0.4, 0.5) is 0 Å². The molecular formula is C4H8Cl2S. The molecule has 0 rings (SSSR count). The highest BCUT2D eigenvalue weighted by atomic mass is 35.5. The Balaban J connectivity index is 2.68. The van der Waals surface area contributed by atoms with Crippen LogP contribution >= 0.6 is 35.8 Å². The Morgan fingerprint density at radius 1 is 1.57 bits per heavy atom. The highest BCUT2D eigenvalue weighted by molar-refractivity contribution is 7.82. The molecule has 1 atom stereocenters. The minimum Gasteiger partial charge on any atom is -0.160 e. The number of thiol groups is 1. The predicted molar refractivity (Wildman–Crippen MR) is 38.6 cm³/mol. The van der Waals surface area contributed by atoms with E-state index in [-0.39, 0.29) is 4.71 Å². The maximum atomic E-state index is 5.46. The van der Waals surface area contributed by atoms with Gasteiger partial charge >= 0.3 is 0 Å². The van der Waals surface area contributed by atoms with E-state index < -0.39 is 0 Å². The van der Waals surface area contributed by atoms with Crippen LogP contribution in [-0.4, -0.2) is 10.6 Å². The molecule has 0 heterocycles. The van der Waals surface area contributed by atoms with E-state index in [0.717, 1.165) is 12.8 Å². The van der Waals surface area contributed by atoms with Crippen molar-refractivity contribution < 1.29 is 0 Å². The molecule has 0 radical (unpaired) electrons. The Kier molecular flexibility index (Phi) is 5.75. The van der Waals surface area contributed by atoms with Crippen molar-refractivity contribution in [1.82, 2.24) is 0 Å². The topological polar surface area (TPSA) is 0 Å². The Morgan fingerprint density at radius 3 is 2.29 bits per heavy atom. The van der Waals surface area contributed by atoms with Crippen molar-refractivity contribution >= 4 is 35.8 Å². The first kappa shape index (κ1) is 7.93. The molecule has 44 valence electrons. The van der Waals surface area contributed by atoms with Gasteiger partial charge < -0.3 is 0 Å². The van der Waals surface area contributed by atoms with Crippen LogP contribution in [0, 0.1) is 0 Å². The van der Waals surface area contributed by atoms with Gasteiger partial charge in [0.2, 0.25) is 0 Å². The average molecular weight is 159 g/mol. The van der Waals surface area contributed by atoms with Crippen molar-refractivity contribution in [2.75, 3.05) is 5.88 Å². The third-order valence-corrected chi connectivity index (χ3v) is 1.32. The first-order chi connectivity index (χ1) is 3.27. The quantitative estimate of drug-likeness (QED) is 0.474. The third-order valence-electron chi connectivity index (χ3n) is 0.576. The monoisotopic (exact) mass is 158 g/mol. The largest absolute Gasteiger partial charge is 0.160 e. The number of halogens is 2. The SMILES string of the molecule is SC(Cl)CCCCl. The van der Waals surface area contributed by atoms with Crippen LogP contribution in [0.25, 0.3) is 0 Å². The van der Waals surface area contributed by atoms with Crippen molar-refractivity contribution in [2.45, 2.75) is 17.6 Å². The molecule has 0 bridgehead atoms. The van der Waals surface area contributed by atoms with Gasteiger partial charge in [-0.1, -0.05) is 0 Å². The molecular weight excluding hydrogens is 151 g/mol. The summed E-state index contributed by atoms with van der Waals surface area (Å²) in [5, 5.41) is 0. The Morgan fingerprint density at radius 2 is 2.14 bits per heavy atom. The van der Waals surface area contributed by atoms with Crippen LogP contribution in [0.5, 0.6) is 0 Å². The molecule has 0 aromatic carbocycles. The molecule has 1 unspecified atom stereocenters. The lowest BCUT2D eigenvalue weighted by atomic mass is 10.4. The van der Waals surface area contributed by atoms with Crippen LogP contribution in [-0.2, 0) is 0 Å². The van der Waals surface area contributed by atoms with Crippen LogP contribution in [0.3, 0.4) is 0 Å². The van der Waals surface area contributed by atoms with E-state index >= 15 is 0 Å². The standard InChI is InChI=1S/C4H8Cl2S/c5-3-1-2-4(6)7/h4,7H,1-3H2. The molecule has 0 amide bonds. The fourth-order valence-corrected chi connectivity index (χ4v) is 0.737. The lowest BCUT2D eigenvalue weighted by Gasteiger charge is -1.95. The molecule has 0 fully saturated rings. The molecule has 0 aliphatic heterocycles. The smallest absolute Gasteiger partial charge is 0.0759 e. The third kappa shape index (κ3) is 6.93. The van der Waals surface area contributed by atoms with E-state index in [0.29, 0.717) is 5.88 Å². The molecule has 7 heavy (non-hydrogen) atoms. The van der Waals surface area contributed by atoms with Gasteiger partial charge in [0.25, 0.3) is 0 Å². The Bertz CT molecular complexity index is 38.7. The molecule has 0 spiro atoms. The summed E-state index contributed by atoms with van der Waals surface area (Å²) in [6.45, 7) is 0. The van der Waals surface area contributed by atoms with Crippen molar-refractivity contribution in [3.63, 3.8) is 0 Å². The summed E-state index contributed by atoms with van der Waals surface area (Å²) in [5.74, 6) is 0.684. The van der Waals surface area contributed by atoms with Gasteiger partial charge in [0.1, 0.15) is 0 Å². The molecule has 0 aromatic rings. The van der Waals surface area contributed by atoms with Gasteiger partial charge in [0, 0.05) is 5.88 Å². The van der Waals surface area contributed by atoms with Crippen molar-refractivity contribution in [3.8, 4) is 0 Å². The summed E-state index contributed by atoms with van der Waals surface area (Å²) in [5.41, 5.74) is 0. The van der Waals surface area contributed by atoms with Gasteiger partial charge in [-0.3, -0.25) is 0 Å². The maximum absolute atomic E-state index is 5.46. The summed E-state index contributed by atoms with van der Waals surface area (Å²) in [6.07, 6.45) is 1.85. The highest BCUT2D eigenvalue weighted by Crippen LogP contribution is 2.08. The van der Waals surface area contributed by atoms with Gasteiger partial charge in [0.05, 0.1) is 4.71 Å². The predicted octanol–water partition coefficient (Wildman–Crippen LogP) is 2.50. The second-order valence-corrected chi connectivity index (χ2v) is 3.10. The van der Waals surface area contributed by atoms with Crippen molar-refractivity contribution in [1.29, 1.82) is 0 Å². The summed E-state index contributed by atoms with van der Waals surface area (Å²) >= 11 is 14.8. The molecule has 0 aromatic heterocycles. The minimum absolute atomic E-state index is 0.0150. The van der Waals surface area contributed by atoms with Gasteiger partial charge in [0.15, 0.2) is 0 Å². The maximum Gasteiger partial charge on any atom is 0.0759 e. The first-order valence-electron chi connectivity index (χ1n) is 2.15. The van der Waals surface area contributed by atoms with Crippen molar-refractivity contribution in [2.24, 2.45) is 0 Å². The van der Waals surface area contributed by atoms with E-state index in [4.69, 9.17) is 23.2 Å². The van der Waals surface area contributed by atoms with E-state index in [1.807, 2.05) is 0 Å². The number of hydrogen-bond donors (Lipinski definition) is 1. The fourth-order valence-electron chi connectivity index (χ4n) is 0.246. The lowest BCUT2D eigenvalue weighted by Crippen LogP contribution is -1.85. The van der Waals surface area contributed by atoms with Crippen LogP contribution in [0.1, 0.15) is 12.8 Å². The second kappa shape index (κ2) is 5.07. The molecule has 3 heteroatoms. The zero-order valence-electron chi connectivity index (χ0n) is 3.90. The summed E-state index contributed by atoms with van der Waals surface area (Å²) in [6, 6.07) is 0. The molecule has 0 N–H and O–H groups in total. The molecule has 0 saturated carbocycles. The van der Waals surface area contributed by atoms with E-state index in [9.17, 15) is 0 Å². The molecule has 0 nitrogen and oxygen atoms in total. The van der Waals surface area contributed by atoms with E-state index in [1.54, 1.807) is 0 Å². The summed E-state index contributed by atoms with van der Waals surface area (Å²) < 4.78 is -0.0150. The molecule has 0 aliphatic carbocycles. The fraction of sp³-hybridized carbons (Fsp3) is 1.00. The number of hydrogen-bond acceptors (Lipinski definition) is 1. The van der Waals surface area contributed by atoms with Gasteiger partial charge in [-0.2, -0.15) is 12.6 Å². The van der Waals surface area contributed by atoms with Crippen LogP contribution < -0.4 is 0 Å². The summed E-state index contributed by atoms with van der Waals surface area (Å²) in [7, 11) is 0. The lowest BCUT2D eigenvalue weighted by molar-refractivity contribution is 0.874. The number of alkyl halides is 2. The Hall–Kier alpha value is 0.930. The van der Waals surface area contributed by atoms with Gasteiger partial charge in [-0.25, -0.2) is 0 Å². The summed E-state index contributed by atoms with van der Waals surface area (Å²) in [4.78, 5) is 0. The van der Waals surface area contributed by atoms with Gasteiger partial charge in [-0.05, 0) is 12.8 Å². The first-order valence-corrected chi connectivity index (χ1v) is 3.64. The van der Waals surface area contributed by atoms with Crippen molar-refractivity contribution in [3.05, 3.63) is 0 Å². The van der Waals surface area contributed by atoms with Crippen LogP contribution in [0.2, 0.25) is 0 Å². The molecule has 0 aliphatic rings. The highest BCUT2D eigenvalue weighted by Gasteiger charge is 1.92. The normalized spacial score (nSPS) is 14.1. The van der Waals surface area contributed by atoms with E-state index in [1.165, 1.54) is 0 Å². The van der Waals surface area contributed by atoms with E-state index in [2.05, 4.69) is 12.6 Å². The van der Waals surface area contributed by atoms with Gasteiger partial charge in [-0.15, -0.1) is 23.2 Å². The molecule has 0 saturated heterocycles. The number of rotatable bonds is 3.